The van der Waals surface area contributed by atoms with Crippen LogP contribution in [-0.2, 0) is 4.79 Å². The molecule has 1 aromatic carbocycles. The summed E-state index contributed by atoms with van der Waals surface area (Å²) in [5.74, 6) is 0.872. The zero-order chi connectivity index (χ0) is 13.0. The smallest absolute Gasteiger partial charge is 0.216 e. The summed E-state index contributed by atoms with van der Waals surface area (Å²) < 4.78 is 5.21. The fraction of sp³-hybridized carbons (Fsp3) is 0.400. The first kappa shape index (κ1) is 15.1. The molecule has 1 heterocycles. The van der Waals surface area contributed by atoms with Crippen LogP contribution in [0.3, 0.4) is 0 Å². The Morgan fingerprint density at radius 3 is 2.95 bits per heavy atom. The lowest BCUT2D eigenvalue weighted by Gasteiger charge is -2.19. The summed E-state index contributed by atoms with van der Waals surface area (Å²) in [4.78, 5) is 10.8. The van der Waals surface area contributed by atoms with E-state index in [1.165, 1.54) is 12.5 Å². The molecule has 19 heavy (non-hydrogen) atoms. The number of amides is 1. The van der Waals surface area contributed by atoms with Crippen molar-refractivity contribution in [2.24, 2.45) is 0 Å². The lowest BCUT2D eigenvalue weighted by molar-refractivity contribution is -0.118. The lowest BCUT2D eigenvalue weighted by atomic mass is 10.0. The van der Waals surface area contributed by atoms with E-state index in [1.54, 1.807) is 7.11 Å². The summed E-state index contributed by atoms with van der Waals surface area (Å²) in [6.07, 6.45) is 3.03. The summed E-state index contributed by atoms with van der Waals surface area (Å²) >= 11 is 0. The Balaban J connectivity index is 0.00000180. The van der Waals surface area contributed by atoms with Crippen LogP contribution in [0.4, 0.5) is 5.69 Å². The number of hydrogen-bond acceptors (Lipinski definition) is 3. The zero-order valence-corrected chi connectivity index (χ0v) is 10.7. The van der Waals surface area contributed by atoms with Gasteiger partial charge in [0.2, 0.25) is 5.91 Å². The summed E-state index contributed by atoms with van der Waals surface area (Å²) in [6, 6.07) is 5.98. The number of carbonyl (C=O) groups excluding carboxylic acids is 1. The molecule has 0 aliphatic carbocycles. The quantitative estimate of drug-likeness (QED) is 0.877. The maximum absolute atomic E-state index is 10.8. The number of rotatable bonds is 4. The predicted molar refractivity (Wildman–Crippen MR) is 79.5 cm³/mol. The first-order valence-electron chi connectivity index (χ1n) is 6.05. The van der Waals surface area contributed by atoms with Gasteiger partial charge in [-0.3, -0.25) is 4.79 Å². The highest BCUT2D eigenvalue weighted by Crippen LogP contribution is 2.28. The summed E-state index contributed by atoms with van der Waals surface area (Å²) in [7, 11) is 1.67. The normalized spacial score (nSPS) is 12.4. The molecule has 1 aromatic rings. The number of hydrogen-bond donors (Lipinski definition) is 2. The maximum atomic E-state index is 10.8. The number of carbonyl (C=O) groups is 1. The van der Waals surface area contributed by atoms with E-state index in [4.69, 9.17) is 4.74 Å². The van der Waals surface area contributed by atoms with Gasteiger partial charge in [-0.05, 0) is 30.2 Å². The molecule has 1 aliphatic rings. The third kappa shape index (κ3) is 4.02. The van der Waals surface area contributed by atoms with Gasteiger partial charge >= 0.3 is 0 Å². The summed E-state index contributed by atoms with van der Waals surface area (Å²) in [5, 5.41) is 6.17. The SMILES string of the molecule is C.COc1ccc2c(c1)C=C(CCNC(C)=O)CN2. The van der Waals surface area contributed by atoms with E-state index < -0.39 is 0 Å². The highest BCUT2D eigenvalue weighted by atomic mass is 16.5. The summed E-state index contributed by atoms with van der Waals surface area (Å²) in [5.41, 5.74) is 3.54. The zero-order valence-electron chi connectivity index (χ0n) is 10.7. The van der Waals surface area contributed by atoms with Gasteiger partial charge in [0.25, 0.3) is 0 Å². The number of ether oxygens (including phenoxy) is 1. The minimum absolute atomic E-state index is 0. The van der Waals surface area contributed by atoms with E-state index in [0.717, 1.165) is 30.0 Å². The van der Waals surface area contributed by atoms with Crippen LogP contribution in [0.5, 0.6) is 5.75 Å². The third-order valence-corrected chi connectivity index (χ3v) is 2.94. The van der Waals surface area contributed by atoms with Crippen molar-refractivity contribution >= 4 is 17.7 Å². The van der Waals surface area contributed by atoms with Crippen LogP contribution >= 0.6 is 0 Å². The van der Waals surface area contributed by atoms with Gasteiger partial charge in [-0.25, -0.2) is 0 Å². The van der Waals surface area contributed by atoms with E-state index >= 15 is 0 Å². The third-order valence-electron chi connectivity index (χ3n) is 2.94. The van der Waals surface area contributed by atoms with Crippen molar-refractivity contribution in [3.8, 4) is 5.75 Å². The largest absolute Gasteiger partial charge is 0.497 e. The van der Waals surface area contributed by atoms with Crippen LogP contribution < -0.4 is 15.4 Å². The Morgan fingerprint density at radius 2 is 2.26 bits per heavy atom. The van der Waals surface area contributed by atoms with Crippen molar-refractivity contribution in [2.45, 2.75) is 20.8 Å². The molecule has 0 atom stereocenters. The molecule has 0 spiro atoms. The number of nitrogens with one attached hydrogen (secondary N) is 2. The maximum Gasteiger partial charge on any atom is 0.216 e. The number of fused-ring (bicyclic) bond motifs is 1. The van der Waals surface area contributed by atoms with Gasteiger partial charge in [0.1, 0.15) is 5.75 Å². The van der Waals surface area contributed by atoms with Crippen molar-refractivity contribution in [1.82, 2.24) is 5.32 Å². The van der Waals surface area contributed by atoms with Gasteiger partial charge in [0.05, 0.1) is 7.11 Å². The summed E-state index contributed by atoms with van der Waals surface area (Å²) in [6.45, 7) is 3.05. The minimum atomic E-state index is 0. The van der Waals surface area contributed by atoms with Crippen molar-refractivity contribution in [3.63, 3.8) is 0 Å². The molecule has 0 saturated carbocycles. The molecular weight excluding hydrogens is 240 g/mol. The van der Waals surface area contributed by atoms with Gasteiger partial charge in [0.15, 0.2) is 0 Å². The molecule has 4 nitrogen and oxygen atoms in total. The highest BCUT2D eigenvalue weighted by Gasteiger charge is 2.10. The number of anilines is 1. The average molecular weight is 262 g/mol. The van der Waals surface area contributed by atoms with Crippen molar-refractivity contribution < 1.29 is 9.53 Å². The molecule has 2 N–H and O–H groups in total. The van der Waals surface area contributed by atoms with Gasteiger partial charge in [-0.2, -0.15) is 0 Å². The van der Waals surface area contributed by atoms with E-state index in [-0.39, 0.29) is 13.3 Å². The molecule has 0 radical (unpaired) electrons. The molecule has 0 fully saturated rings. The molecule has 0 saturated heterocycles. The fourth-order valence-corrected chi connectivity index (χ4v) is 1.99. The molecule has 1 amide bonds. The van der Waals surface area contributed by atoms with E-state index in [9.17, 15) is 4.79 Å². The first-order valence-corrected chi connectivity index (χ1v) is 6.05. The second-order valence-electron chi connectivity index (χ2n) is 4.34. The lowest BCUT2D eigenvalue weighted by Crippen LogP contribution is -2.22. The standard InChI is InChI=1S/C14H18N2O2.CH4/c1-10(17)15-6-5-11-7-12-8-13(18-2)3-4-14(12)16-9-11;/h3-4,7-8,16H,5-6,9H2,1-2H3,(H,15,17);1H4. The second-order valence-corrected chi connectivity index (χ2v) is 4.34. The van der Waals surface area contributed by atoms with Gasteiger partial charge in [0, 0.05) is 31.3 Å². The molecule has 4 heteroatoms. The molecule has 0 bridgehead atoms. The van der Waals surface area contributed by atoms with Crippen LogP contribution in [0.25, 0.3) is 6.08 Å². The fourth-order valence-electron chi connectivity index (χ4n) is 1.99. The molecule has 0 aromatic heterocycles. The highest BCUT2D eigenvalue weighted by molar-refractivity contribution is 5.74. The number of benzene rings is 1. The van der Waals surface area contributed by atoms with Crippen LogP contribution in [0.15, 0.2) is 23.8 Å². The van der Waals surface area contributed by atoms with Crippen molar-refractivity contribution in [1.29, 1.82) is 0 Å². The molecule has 0 unspecified atom stereocenters. The van der Waals surface area contributed by atoms with E-state index in [0.29, 0.717) is 6.54 Å². The van der Waals surface area contributed by atoms with Gasteiger partial charge in [-0.15, -0.1) is 0 Å². The Kier molecular flexibility index (Phi) is 5.42. The van der Waals surface area contributed by atoms with Crippen LogP contribution in [0.2, 0.25) is 0 Å². The van der Waals surface area contributed by atoms with E-state index in [1.807, 2.05) is 18.2 Å². The van der Waals surface area contributed by atoms with Crippen molar-refractivity contribution in [2.75, 3.05) is 25.5 Å². The monoisotopic (exact) mass is 262 g/mol. The molecule has 2 rings (SSSR count). The second kappa shape index (κ2) is 6.83. The Bertz CT molecular complexity index is 481. The Hall–Kier alpha value is -1.97. The van der Waals surface area contributed by atoms with Crippen LogP contribution in [0, 0.1) is 0 Å². The van der Waals surface area contributed by atoms with E-state index in [2.05, 4.69) is 16.7 Å². The minimum Gasteiger partial charge on any atom is -0.497 e. The average Bonchev–Trinajstić information content (AvgIpc) is 2.37. The first-order chi connectivity index (χ1) is 8.69. The van der Waals surface area contributed by atoms with Crippen LogP contribution in [0.1, 0.15) is 26.3 Å². The Morgan fingerprint density at radius 1 is 1.47 bits per heavy atom. The predicted octanol–water partition coefficient (Wildman–Crippen LogP) is 2.67. The van der Waals surface area contributed by atoms with Gasteiger partial charge in [-0.1, -0.05) is 13.5 Å². The molecule has 1 aliphatic heterocycles. The molecular formula is C15H22N2O2. The Labute approximate surface area is 114 Å². The molecule has 104 valence electrons. The number of methoxy groups -OCH3 is 1. The van der Waals surface area contributed by atoms with Crippen molar-refractivity contribution in [3.05, 3.63) is 29.3 Å². The topological polar surface area (TPSA) is 50.4 Å². The van der Waals surface area contributed by atoms with Gasteiger partial charge < -0.3 is 15.4 Å². The van der Waals surface area contributed by atoms with Crippen LogP contribution in [-0.4, -0.2) is 26.1 Å².